The van der Waals surface area contributed by atoms with Crippen LogP contribution in [0.25, 0.3) is 10.9 Å². The highest BCUT2D eigenvalue weighted by Crippen LogP contribution is 2.42. The van der Waals surface area contributed by atoms with Crippen molar-refractivity contribution in [3.05, 3.63) is 70.3 Å². The van der Waals surface area contributed by atoms with Crippen LogP contribution in [0, 0.1) is 5.92 Å². The molecule has 4 atom stereocenters. The number of amides is 1. The maximum atomic E-state index is 13.4. The number of fused-ring (bicyclic) bond motifs is 5. The highest BCUT2D eigenvalue weighted by Gasteiger charge is 2.42. The normalized spacial score (nSPS) is 21.6. The van der Waals surface area contributed by atoms with Gasteiger partial charge in [-0.15, -0.1) is 0 Å². The molecule has 4 N–H and O–H groups in total. The van der Waals surface area contributed by atoms with Gasteiger partial charge in [0.2, 0.25) is 5.91 Å². The molecule has 1 aromatic carbocycles. The van der Waals surface area contributed by atoms with Gasteiger partial charge in [-0.05, 0) is 42.9 Å². The average molecular weight is 479 g/mol. The number of carbonyl (C=O) groups excluding carboxylic acids is 1. The van der Waals surface area contributed by atoms with E-state index in [0.717, 1.165) is 48.3 Å². The fourth-order valence-electron chi connectivity index (χ4n) is 5.75. The van der Waals surface area contributed by atoms with Crippen molar-refractivity contribution in [1.82, 2.24) is 14.5 Å². The number of pyridine rings is 1. The molecule has 2 aliphatic heterocycles. The van der Waals surface area contributed by atoms with Crippen LogP contribution in [-0.4, -0.2) is 50.6 Å². The number of hydrogen-bond acceptors (Lipinski definition) is 4. The molecule has 8 nitrogen and oxygen atoms in total. The minimum Gasteiger partial charge on any atom is -0.481 e. The van der Waals surface area contributed by atoms with Gasteiger partial charge in [-0.2, -0.15) is 0 Å². The van der Waals surface area contributed by atoms with Gasteiger partial charge in [0.05, 0.1) is 6.04 Å². The minimum absolute atomic E-state index is 0.0157. The van der Waals surface area contributed by atoms with Crippen LogP contribution in [0.1, 0.15) is 56.3 Å². The molecular weight excluding hydrogens is 444 g/mol. The first-order chi connectivity index (χ1) is 16.8. The molecule has 0 spiro atoms. The van der Waals surface area contributed by atoms with Crippen LogP contribution >= 0.6 is 0 Å². The van der Waals surface area contributed by atoms with Crippen molar-refractivity contribution in [2.24, 2.45) is 11.7 Å². The zero-order valence-electron chi connectivity index (χ0n) is 20.3. The number of carboxylic acid groups (broad SMARTS) is 1. The summed E-state index contributed by atoms with van der Waals surface area (Å²) in [5.74, 6) is -0.317. The van der Waals surface area contributed by atoms with Gasteiger partial charge in [0, 0.05) is 60.8 Å². The molecule has 8 heteroatoms. The van der Waals surface area contributed by atoms with Gasteiger partial charge in [0.1, 0.15) is 0 Å². The Morgan fingerprint density at radius 2 is 1.91 bits per heavy atom. The molecule has 35 heavy (non-hydrogen) atoms. The van der Waals surface area contributed by atoms with Crippen LogP contribution in [0.3, 0.4) is 0 Å². The lowest BCUT2D eigenvalue weighted by Crippen LogP contribution is -2.54. The van der Waals surface area contributed by atoms with Gasteiger partial charge in [-0.1, -0.05) is 37.6 Å². The zero-order chi connectivity index (χ0) is 25.1. The highest BCUT2D eigenvalue weighted by atomic mass is 16.4. The third-order valence-corrected chi connectivity index (χ3v) is 7.13. The number of piperidine rings is 1. The number of aromatic nitrogens is 2. The van der Waals surface area contributed by atoms with E-state index in [1.165, 1.54) is 0 Å². The number of benzene rings is 1. The molecule has 1 saturated heterocycles. The number of carboxylic acids is 1. The zero-order valence-corrected chi connectivity index (χ0v) is 20.3. The van der Waals surface area contributed by atoms with Gasteiger partial charge in [-0.3, -0.25) is 14.4 Å². The summed E-state index contributed by atoms with van der Waals surface area (Å²) in [6.07, 6.45) is 5.49. The van der Waals surface area contributed by atoms with Crippen molar-refractivity contribution in [2.45, 2.75) is 57.5 Å². The molecule has 1 amide bonds. The highest BCUT2D eigenvalue weighted by molar-refractivity contribution is 5.86. The molecule has 0 radical (unpaired) electrons. The van der Waals surface area contributed by atoms with Crippen LogP contribution in [0.5, 0.6) is 0 Å². The van der Waals surface area contributed by atoms with Crippen molar-refractivity contribution in [1.29, 1.82) is 0 Å². The number of nitrogens with zero attached hydrogens (tertiary/aromatic N) is 2. The summed E-state index contributed by atoms with van der Waals surface area (Å²) in [6, 6.07) is 13.3. The predicted molar refractivity (Wildman–Crippen MR) is 135 cm³/mol. The summed E-state index contributed by atoms with van der Waals surface area (Å²) in [5.41, 5.74) is 9.73. The summed E-state index contributed by atoms with van der Waals surface area (Å²) >= 11 is 0. The Bertz CT molecular complexity index is 1260. The first-order valence-electron chi connectivity index (χ1n) is 12.3. The van der Waals surface area contributed by atoms with Crippen LogP contribution in [0.4, 0.5) is 0 Å². The maximum Gasteiger partial charge on any atom is 0.300 e. The molecule has 5 rings (SSSR count). The van der Waals surface area contributed by atoms with Crippen molar-refractivity contribution in [2.75, 3.05) is 13.1 Å². The van der Waals surface area contributed by atoms with Gasteiger partial charge < -0.3 is 25.3 Å². The van der Waals surface area contributed by atoms with E-state index in [1.54, 1.807) is 6.07 Å². The number of H-pyrrole nitrogens is 1. The van der Waals surface area contributed by atoms with E-state index in [4.69, 9.17) is 15.6 Å². The number of aromatic amines is 1. The van der Waals surface area contributed by atoms with Crippen molar-refractivity contribution in [3.63, 3.8) is 0 Å². The van der Waals surface area contributed by atoms with E-state index < -0.39 is 12.0 Å². The van der Waals surface area contributed by atoms with Gasteiger partial charge in [0.25, 0.3) is 11.5 Å². The lowest BCUT2D eigenvalue weighted by Gasteiger charge is -2.47. The standard InChI is InChI=1S/C25H30N4O2.C2H4O2/c1-2-6-22-17-11-18(23-9-5-10-24(30)29(22)23)15-28(14-17)25(31)20(26)12-16-13-27-21-8-4-3-7-19(16)21;1-2(3)4/h3-5,7-10,13,17-18,20,22,27H,2,6,11-12,14-15,26H2,1H3;1H3,(H,3,4)/t17-,18+,20+,22-;/m0./s1. The Balaban J connectivity index is 0.000000672. The van der Waals surface area contributed by atoms with E-state index in [9.17, 15) is 9.59 Å². The third kappa shape index (κ3) is 5.17. The second kappa shape index (κ2) is 10.5. The van der Waals surface area contributed by atoms with E-state index in [2.05, 4.69) is 24.0 Å². The predicted octanol–water partition coefficient (Wildman–Crippen LogP) is 3.28. The topological polar surface area (TPSA) is 121 Å². The van der Waals surface area contributed by atoms with Crippen molar-refractivity contribution >= 4 is 22.8 Å². The fourth-order valence-corrected chi connectivity index (χ4v) is 5.75. The Morgan fingerprint density at radius 1 is 1.17 bits per heavy atom. The van der Waals surface area contributed by atoms with Crippen LogP contribution < -0.4 is 11.3 Å². The number of nitrogens with one attached hydrogen (secondary N) is 1. The SMILES string of the molecule is CC(=O)O.CCC[C@H]1[C@H]2C[C@H](CN(C(=O)[C@H](N)Cc3c[nH]c4ccccc34)C2)c2cccc(=O)n21. The summed E-state index contributed by atoms with van der Waals surface area (Å²) < 4.78 is 2.01. The number of carbonyl (C=O) groups is 2. The Kier molecular flexibility index (Phi) is 7.40. The lowest BCUT2D eigenvalue weighted by molar-refractivity contribution is -0.136. The summed E-state index contributed by atoms with van der Waals surface area (Å²) in [7, 11) is 0. The van der Waals surface area contributed by atoms with Gasteiger partial charge in [-0.25, -0.2) is 0 Å². The molecule has 1 fully saturated rings. The smallest absolute Gasteiger partial charge is 0.300 e. The second-order valence-corrected chi connectivity index (χ2v) is 9.64. The van der Waals surface area contributed by atoms with Crippen LogP contribution in [0.15, 0.2) is 53.5 Å². The van der Waals surface area contributed by atoms with Gasteiger partial charge in [0.15, 0.2) is 0 Å². The second-order valence-electron chi connectivity index (χ2n) is 9.64. The molecule has 4 heterocycles. The van der Waals surface area contributed by atoms with Crippen LogP contribution in [-0.2, 0) is 16.0 Å². The molecule has 0 aliphatic carbocycles. The Morgan fingerprint density at radius 3 is 2.66 bits per heavy atom. The molecule has 2 aromatic heterocycles. The summed E-state index contributed by atoms with van der Waals surface area (Å²) in [6.45, 7) is 4.56. The molecule has 3 aromatic rings. The number of aliphatic carboxylic acids is 1. The number of likely N-dealkylation sites (tertiary alicyclic amines) is 1. The van der Waals surface area contributed by atoms with E-state index in [1.807, 2.05) is 39.9 Å². The average Bonchev–Trinajstić information content (AvgIpc) is 3.23. The minimum atomic E-state index is -0.833. The van der Waals surface area contributed by atoms with Crippen LogP contribution in [0.2, 0.25) is 0 Å². The largest absolute Gasteiger partial charge is 0.481 e. The molecule has 2 aliphatic rings. The van der Waals surface area contributed by atoms with E-state index >= 15 is 0 Å². The molecular formula is C27H34N4O4. The summed E-state index contributed by atoms with van der Waals surface area (Å²) in [4.78, 5) is 40.2. The maximum absolute atomic E-state index is 13.4. The van der Waals surface area contributed by atoms with E-state index in [0.29, 0.717) is 25.4 Å². The van der Waals surface area contributed by atoms with Crippen molar-refractivity contribution < 1.29 is 14.7 Å². The first kappa shape index (κ1) is 24.7. The lowest BCUT2D eigenvalue weighted by atomic mass is 9.77. The molecule has 0 saturated carbocycles. The Hall–Kier alpha value is -3.39. The molecule has 186 valence electrons. The fraction of sp³-hybridized carbons (Fsp3) is 0.444. The first-order valence-corrected chi connectivity index (χ1v) is 12.3. The Labute approximate surface area is 204 Å². The number of rotatable bonds is 5. The number of hydrogen-bond donors (Lipinski definition) is 3. The summed E-state index contributed by atoms with van der Waals surface area (Å²) in [5, 5.41) is 8.54. The van der Waals surface area contributed by atoms with Crippen molar-refractivity contribution in [3.8, 4) is 0 Å². The monoisotopic (exact) mass is 478 g/mol. The number of para-hydroxylation sites is 1. The molecule has 2 bridgehead atoms. The third-order valence-electron chi connectivity index (χ3n) is 7.13. The molecule has 0 unspecified atom stereocenters. The number of nitrogens with two attached hydrogens (primary N) is 1. The van der Waals surface area contributed by atoms with E-state index in [-0.39, 0.29) is 23.4 Å². The van der Waals surface area contributed by atoms with Gasteiger partial charge >= 0.3 is 0 Å². The quantitative estimate of drug-likeness (QED) is 0.520.